The van der Waals surface area contributed by atoms with Crippen LogP contribution >= 0.6 is 15.9 Å². The number of nitrogens with zero attached hydrogens (tertiary/aromatic N) is 4. The van der Waals surface area contributed by atoms with Crippen molar-refractivity contribution in [3.63, 3.8) is 0 Å². The Hall–Kier alpha value is -1.10. The van der Waals surface area contributed by atoms with Gasteiger partial charge in [-0.2, -0.15) is 0 Å². The van der Waals surface area contributed by atoms with Gasteiger partial charge in [0.1, 0.15) is 4.60 Å². The molecule has 3 heterocycles. The van der Waals surface area contributed by atoms with Gasteiger partial charge in [0.2, 0.25) is 0 Å². The van der Waals surface area contributed by atoms with Crippen LogP contribution < -0.4 is 4.90 Å². The monoisotopic (exact) mass is 292 g/mol. The van der Waals surface area contributed by atoms with Crippen LogP contribution in [0.3, 0.4) is 0 Å². The lowest BCUT2D eigenvalue weighted by atomic mass is 10.1. The second kappa shape index (κ2) is 3.45. The van der Waals surface area contributed by atoms with Crippen molar-refractivity contribution in [2.45, 2.75) is 25.3 Å². The number of halogens is 1. The molecule has 2 aromatic rings. The van der Waals surface area contributed by atoms with Gasteiger partial charge < -0.3 is 9.30 Å². The quantitative estimate of drug-likeness (QED) is 0.810. The van der Waals surface area contributed by atoms with Gasteiger partial charge in [-0.25, -0.2) is 9.97 Å². The lowest BCUT2D eigenvalue weighted by Crippen LogP contribution is -2.33. The largest absolute Gasteiger partial charge is 0.350 e. The number of fused-ring (bicyclic) bond motifs is 3. The SMILES string of the molecule is Brc1cn2ccnc2c(N2CC3CCC2C3)n1. The molecule has 2 unspecified atom stereocenters. The molecule has 1 aliphatic carbocycles. The molecular formula is C12H13BrN4. The maximum Gasteiger partial charge on any atom is 0.180 e. The molecule has 0 N–H and O–H groups in total. The molecule has 1 saturated carbocycles. The van der Waals surface area contributed by atoms with E-state index in [1.807, 2.05) is 23.0 Å². The molecule has 1 saturated heterocycles. The average Bonchev–Trinajstić information content (AvgIpc) is 3.02. The van der Waals surface area contributed by atoms with Crippen LogP contribution in [0.4, 0.5) is 5.82 Å². The summed E-state index contributed by atoms with van der Waals surface area (Å²) >= 11 is 3.48. The fourth-order valence-corrected chi connectivity index (χ4v) is 3.65. The summed E-state index contributed by atoms with van der Waals surface area (Å²) in [5.41, 5.74) is 0.973. The van der Waals surface area contributed by atoms with Crippen LogP contribution in [0.25, 0.3) is 5.65 Å². The van der Waals surface area contributed by atoms with Crippen molar-refractivity contribution in [1.82, 2.24) is 14.4 Å². The molecule has 0 spiro atoms. The molecule has 2 atom stereocenters. The zero-order valence-corrected chi connectivity index (χ0v) is 11.0. The van der Waals surface area contributed by atoms with Crippen LogP contribution in [0.5, 0.6) is 0 Å². The van der Waals surface area contributed by atoms with E-state index in [2.05, 4.69) is 30.8 Å². The third-order valence-corrected chi connectivity index (χ3v) is 4.39. The molecule has 88 valence electrons. The van der Waals surface area contributed by atoms with Crippen molar-refractivity contribution in [1.29, 1.82) is 0 Å². The Bertz CT molecular complexity index is 579. The molecule has 1 aliphatic heterocycles. The van der Waals surface area contributed by atoms with E-state index in [0.29, 0.717) is 6.04 Å². The Labute approximate surface area is 108 Å². The van der Waals surface area contributed by atoms with Crippen molar-refractivity contribution in [3.8, 4) is 0 Å². The van der Waals surface area contributed by atoms with Crippen LogP contribution in [0, 0.1) is 5.92 Å². The van der Waals surface area contributed by atoms with Gasteiger partial charge in [0.15, 0.2) is 11.5 Å². The van der Waals surface area contributed by atoms with Crippen molar-refractivity contribution in [2.75, 3.05) is 11.4 Å². The van der Waals surface area contributed by atoms with Crippen LogP contribution in [0.2, 0.25) is 0 Å². The van der Waals surface area contributed by atoms with Crippen molar-refractivity contribution < 1.29 is 0 Å². The Kier molecular flexibility index (Phi) is 2.00. The standard InChI is InChI=1S/C12H13BrN4/c13-10-7-16-4-3-14-11(16)12(15-10)17-6-8-1-2-9(17)5-8/h3-4,7-9H,1-2,5-6H2. The highest BCUT2D eigenvalue weighted by molar-refractivity contribution is 9.10. The Morgan fingerprint density at radius 1 is 1.35 bits per heavy atom. The molecule has 0 radical (unpaired) electrons. The molecule has 2 aromatic heterocycles. The lowest BCUT2D eigenvalue weighted by molar-refractivity contribution is 0.550. The zero-order valence-electron chi connectivity index (χ0n) is 9.38. The minimum atomic E-state index is 0.683. The summed E-state index contributed by atoms with van der Waals surface area (Å²) in [4.78, 5) is 11.5. The summed E-state index contributed by atoms with van der Waals surface area (Å²) in [6, 6.07) is 0.683. The van der Waals surface area contributed by atoms with E-state index in [0.717, 1.165) is 28.5 Å². The second-order valence-corrected chi connectivity index (χ2v) is 5.84. The van der Waals surface area contributed by atoms with Crippen LogP contribution in [0.15, 0.2) is 23.2 Å². The van der Waals surface area contributed by atoms with Gasteiger partial charge in [-0.3, -0.25) is 0 Å². The Morgan fingerprint density at radius 2 is 2.29 bits per heavy atom. The summed E-state index contributed by atoms with van der Waals surface area (Å²) in [7, 11) is 0. The number of aromatic nitrogens is 3. The normalized spacial score (nSPS) is 27.2. The molecule has 0 amide bonds. The third-order valence-electron chi connectivity index (χ3n) is 4.01. The number of hydrogen-bond acceptors (Lipinski definition) is 3. The molecule has 5 heteroatoms. The lowest BCUT2D eigenvalue weighted by Gasteiger charge is -2.28. The predicted octanol–water partition coefficient (Wildman–Crippen LogP) is 2.48. The van der Waals surface area contributed by atoms with E-state index in [9.17, 15) is 0 Å². The van der Waals surface area contributed by atoms with Gasteiger partial charge in [-0.15, -0.1) is 0 Å². The molecule has 2 fully saturated rings. The highest BCUT2D eigenvalue weighted by Crippen LogP contribution is 2.40. The maximum atomic E-state index is 4.63. The van der Waals surface area contributed by atoms with Gasteiger partial charge in [0, 0.05) is 31.2 Å². The topological polar surface area (TPSA) is 33.4 Å². The van der Waals surface area contributed by atoms with Gasteiger partial charge >= 0.3 is 0 Å². The first kappa shape index (κ1) is 9.88. The van der Waals surface area contributed by atoms with Crippen molar-refractivity contribution >= 4 is 27.4 Å². The molecule has 2 bridgehead atoms. The summed E-state index contributed by atoms with van der Waals surface area (Å²) in [6.07, 6.45) is 9.80. The summed E-state index contributed by atoms with van der Waals surface area (Å²) in [5.74, 6) is 1.91. The van der Waals surface area contributed by atoms with E-state index in [1.54, 1.807) is 0 Å². The number of piperidine rings is 1. The molecule has 17 heavy (non-hydrogen) atoms. The minimum Gasteiger partial charge on any atom is -0.350 e. The highest BCUT2D eigenvalue weighted by Gasteiger charge is 2.39. The van der Waals surface area contributed by atoms with Crippen LogP contribution in [0.1, 0.15) is 19.3 Å². The number of rotatable bonds is 1. The molecular weight excluding hydrogens is 280 g/mol. The first-order valence-corrected chi connectivity index (χ1v) is 6.86. The van der Waals surface area contributed by atoms with E-state index in [4.69, 9.17) is 0 Å². The van der Waals surface area contributed by atoms with Gasteiger partial charge in [0.05, 0.1) is 0 Å². The van der Waals surface area contributed by atoms with E-state index < -0.39 is 0 Å². The minimum absolute atomic E-state index is 0.683. The number of imidazole rings is 1. The number of hydrogen-bond donors (Lipinski definition) is 0. The van der Waals surface area contributed by atoms with Crippen molar-refractivity contribution in [3.05, 3.63) is 23.2 Å². The fourth-order valence-electron chi connectivity index (χ4n) is 3.26. The predicted molar refractivity (Wildman–Crippen MR) is 69.2 cm³/mol. The molecule has 4 rings (SSSR count). The number of anilines is 1. The average molecular weight is 293 g/mol. The van der Waals surface area contributed by atoms with E-state index in [1.165, 1.54) is 19.3 Å². The van der Waals surface area contributed by atoms with Gasteiger partial charge in [-0.1, -0.05) is 0 Å². The summed E-state index contributed by atoms with van der Waals surface area (Å²) in [6.45, 7) is 1.15. The zero-order chi connectivity index (χ0) is 11.4. The van der Waals surface area contributed by atoms with E-state index in [-0.39, 0.29) is 0 Å². The molecule has 0 aromatic carbocycles. The Balaban J connectivity index is 1.87. The summed E-state index contributed by atoms with van der Waals surface area (Å²) < 4.78 is 2.92. The molecule has 2 aliphatic rings. The first-order chi connectivity index (χ1) is 8.31. The summed E-state index contributed by atoms with van der Waals surface area (Å²) in [5, 5.41) is 0. The van der Waals surface area contributed by atoms with Gasteiger partial charge in [-0.05, 0) is 41.1 Å². The van der Waals surface area contributed by atoms with Gasteiger partial charge in [0.25, 0.3) is 0 Å². The maximum absolute atomic E-state index is 4.63. The second-order valence-electron chi connectivity index (χ2n) is 5.03. The van der Waals surface area contributed by atoms with Crippen LogP contribution in [-0.4, -0.2) is 27.0 Å². The highest BCUT2D eigenvalue weighted by atomic mass is 79.9. The fraction of sp³-hybridized carbons (Fsp3) is 0.500. The first-order valence-electron chi connectivity index (χ1n) is 6.07. The van der Waals surface area contributed by atoms with E-state index >= 15 is 0 Å². The smallest absolute Gasteiger partial charge is 0.180 e. The van der Waals surface area contributed by atoms with Crippen molar-refractivity contribution in [2.24, 2.45) is 5.92 Å². The Morgan fingerprint density at radius 3 is 3.06 bits per heavy atom. The molecule has 4 nitrogen and oxygen atoms in total. The third kappa shape index (κ3) is 1.41. The van der Waals surface area contributed by atoms with Crippen LogP contribution in [-0.2, 0) is 0 Å².